The summed E-state index contributed by atoms with van der Waals surface area (Å²) in [5, 5.41) is 3.01. The lowest BCUT2D eigenvalue weighted by Gasteiger charge is -2.20. The SMILES string of the molecule is CC1CCN(Nc2c(C(N)=O)cnc3[nH]ccc23)C1. The number of nitrogens with one attached hydrogen (secondary N) is 2. The van der Waals surface area contributed by atoms with E-state index >= 15 is 0 Å². The number of carbonyl (C=O) groups excluding carboxylic acids is 1. The van der Waals surface area contributed by atoms with Crippen LogP contribution in [0.3, 0.4) is 0 Å². The van der Waals surface area contributed by atoms with Crippen LogP contribution in [-0.2, 0) is 0 Å². The summed E-state index contributed by atoms with van der Waals surface area (Å²) in [6.45, 7) is 4.15. The Balaban J connectivity index is 2.01. The van der Waals surface area contributed by atoms with Crippen molar-refractivity contribution < 1.29 is 4.79 Å². The van der Waals surface area contributed by atoms with Crippen LogP contribution >= 0.6 is 0 Å². The molecule has 2 aromatic rings. The molecule has 1 atom stereocenters. The van der Waals surface area contributed by atoms with E-state index in [-0.39, 0.29) is 0 Å². The third kappa shape index (κ3) is 2.15. The first-order chi connectivity index (χ1) is 9.15. The van der Waals surface area contributed by atoms with Crippen LogP contribution < -0.4 is 11.2 Å². The Bertz CT molecular complexity index is 621. The van der Waals surface area contributed by atoms with Crippen LogP contribution in [0.1, 0.15) is 23.7 Å². The zero-order chi connectivity index (χ0) is 13.4. The number of hydrogen-bond donors (Lipinski definition) is 3. The number of nitrogens with two attached hydrogens (primary N) is 1. The number of rotatable bonds is 3. The van der Waals surface area contributed by atoms with Crippen molar-refractivity contribution in [1.29, 1.82) is 0 Å². The van der Waals surface area contributed by atoms with Crippen LogP contribution in [0.5, 0.6) is 0 Å². The Morgan fingerprint density at radius 2 is 2.47 bits per heavy atom. The molecule has 0 radical (unpaired) electrons. The maximum Gasteiger partial charge on any atom is 0.252 e. The van der Waals surface area contributed by atoms with Gasteiger partial charge in [-0.1, -0.05) is 6.92 Å². The summed E-state index contributed by atoms with van der Waals surface area (Å²) in [6, 6.07) is 1.90. The number of amides is 1. The Morgan fingerprint density at radius 1 is 1.63 bits per heavy atom. The van der Waals surface area contributed by atoms with Gasteiger partial charge >= 0.3 is 0 Å². The lowest BCUT2D eigenvalue weighted by molar-refractivity contribution is 0.100. The zero-order valence-electron chi connectivity index (χ0n) is 10.8. The van der Waals surface area contributed by atoms with Crippen LogP contribution in [0, 0.1) is 5.92 Å². The van der Waals surface area contributed by atoms with Crippen molar-refractivity contribution in [1.82, 2.24) is 15.0 Å². The fourth-order valence-electron chi connectivity index (χ4n) is 2.51. The number of hydrogen-bond acceptors (Lipinski definition) is 4. The van der Waals surface area contributed by atoms with Gasteiger partial charge < -0.3 is 16.1 Å². The molecule has 2 aromatic heterocycles. The van der Waals surface area contributed by atoms with Gasteiger partial charge in [0.15, 0.2) is 0 Å². The fourth-order valence-corrected chi connectivity index (χ4v) is 2.51. The summed E-state index contributed by atoms with van der Waals surface area (Å²) in [4.78, 5) is 18.8. The summed E-state index contributed by atoms with van der Waals surface area (Å²) < 4.78 is 0. The van der Waals surface area contributed by atoms with E-state index in [9.17, 15) is 4.79 Å². The van der Waals surface area contributed by atoms with Gasteiger partial charge in [0.05, 0.1) is 11.3 Å². The Labute approximate surface area is 111 Å². The number of aromatic amines is 1. The molecule has 0 aromatic carbocycles. The van der Waals surface area contributed by atoms with Gasteiger partial charge in [0.1, 0.15) is 5.65 Å². The van der Waals surface area contributed by atoms with Gasteiger partial charge in [-0.15, -0.1) is 0 Å². The van der Waals surface area contributed by atoms with E-state index in [1.807, 2.05) is 6.07 Å². The monoisotopic (exact) mass is 259 g/mol. The van der Waals surface area contributed by atoms with E-state index < -0.39 is 5.91 Å². The highest BCUT2D eigenvalue weighted by atomic mass is 16.1. The van der Waals surface area contributed by atoms with Gasteiger partial charge in [-0.05, 0) is 18.4 Å². The van der Waals surface area contributed by atoms with Gasteiger partial charge in [0.2, 0.25) is 0 Å². The largest absolute Gasteiger partial charge is 0.365 e. The minimum absolute atomic E-state index is 0.423. The summed E-state index contributed by atoms with van der Waals surface area (Å²) in [7, 11) is 0. The smallest absolute Gasteiger partial charge is 0.252 e. The maximum atomic E-state index is 11.5. The molecular formula is C13H17N5O. The number of H-pyrrole nitrogens is 1. The number of fused-ring (bicyclic) bond motifs is 1. The molecular weight excluding hydrogens is 242 g/mol. The second-order valence-corrected chi connectivity index (χ2v) is 5.10. The number of aromatic nitrogens is 2. The molecule has 4 N–H and O–H groups in total. The number of pyridine rings is 1. The van der Waals surface area contributed by atoms with Gasteiger partial charge in [0, 0.05) is 30.9 Å². The molecule has 1 unspecified atom stereocenters. The molecule has 19 heavy (non-hydrogen) atoms. The molecule has 0 aliphatic carbocycles. The van der Waals surface area contributed by atoms with Crippen molar-refractivity contribution in [2.75, 3.05) is 18.5 Å². The zero-order valence-corrected chi connectivity index (χ0v) is 10.8. The highest BCUT2D eigenvalue weighted by Crippen LogP contribution is 2.27. The van der Waals surface area contributed by atoms with E-state index in [0.29, 0.717) is 11.5 Å². The molecule has 0 spiro atoms. The molecule has 1 aliphatic rings. The number of nitrogens with zero attached hydrogens (tertiary/aromatic N) is 2. The van der Waals surface area contributed by atoms with Crippen LogP contribution in [0.15, 0.2) is 18.5 Å². The average molecular weight is 259 g/mol. The second kappa shape index (κ2) is 4.55. The van der Waals surface area contributed by atoms with E-state index in [1.165, 1.54) is 6.20 Å². The van der Waals surface area contributed by atoms with Crippen molar-refractivity contribution in [3.63, 3.8) is 0 Å². The predicted octanol–water partition coefficient (Wildman–Crippen LogP) is 1.33. The van der Waals surface area contributed by atoms with Crippen molar-refractivity contribution >= 4 is 22.6 Å². The standard InChI is InChI=1S/C13H17N5O/c1-8-3-5-18(7-8)17-11-9-2-4-15-13(9)16-6-10(11)12(14)19/h2,4,6,8H,3,5,7H2,1H3,(H2,14,19)(H2,15,16,17). The molecule has 1 amide bonds. The van der Waals surface area contributed by atoms with Crippen LogP contribution in [-0.4, -0.2) is 34.0 Å². The molecule has 1 fully saturated rings. The lowest BCUT2D eigenvalue weighted by Crippen LogP contribution is -2.29. The van der Waals surface area contributed by atoms with E-state index in [0.717, 1.165) is 36.2 Å². The van der Waals surface area contributed by atoms with Crippen molar-refractivity contribution in [3.05, 3.63) is 24.0 Å². The van der Waals surface area contributed by atoms with E-state index in [1.54, 1.807) is 6.20 Å². The van der Waals surface area contributed by atoms with Gasteiger partial charge in [-0.3, -0.25) is 4.79 Å². The third-order valence-corrected chi connectivity index (χ3v) is 3.55. The number of primary amides is 1. The second-order valence-electron chi connectivity index (χ2n) is 5.10. The van der Waals surface area contributed by atoms with Crippen LogP contribution in [0.4, 0.5) is 5.69 Å². The van der Waals surface area contributed by atoms with Gasteiger partial charge in [-0.25, -0.2) is 9.99 Å². The first-order valence-corrected chi connectivity index (χ1v) is 6.42. The Morgan fingerprint density at radius 3 is 3.16 bits per heavy atom. The third-order valence-electron chi connectivity index (χ3n) is 3.55. The lowest BCUT2D eigenvalue weighted by atomic mass is 10.1. The first kappa shape index (κ1) is 12.0. The van der Waals surface area contributed by atoms with Crippen molar-refractivity contribution in [2.24, 2.45) is 11.7 Å². The molecule has 6 heteroatoms. The van der Waals surface area contributed by atoms with Crippen molar-refractivity contribution in [2.45, 2.75) is 13.3 Å². The maximum absolute atomic E-state index is 11.5. The summed E-state index contributed by atoms with van der Waals surface area (Å²) in [5.41, 5.74) is 10.7. The number of carbonyl (C=O) groups is 1. The average Bonchev–Trinajstić information content (AvgIpc) is 2.98. The minimum atomic E-state index is -0.467. The first-order valence-electron chi connectivity index (χ1n) is 6.42. The molecule has 3 rings (SSSR count). The minimum Gasteiger partial charge on any atom is -0.365 e. The predicted molar refractivity (Wildman–Crippen MR) is 73.6 cm³/mol. The topological polar surface area (TPSA) is 87.0 Å². The van der Waals surface area contributed by atoms with E-state index in [4.69, 9.17) is 5.73 Å². The highest BCUT2D eigenvalue weighted by Gasteiger charge is 2.21. The molecule has 100 valence electrons. The molecule has 6 nitrogen and oxygen atoms in total. The van der Waals surface area contributed by atoms with Crippen LogP contribution in [0.25, 0.3) is 11.0 Å². The fraction of sp³-hybridized carbons (Fsp3) is 0.385. The Hall–Kier alpha value is -2.08. The molecule has 0 saturated carbocycles. The highest BCUT2D eigenvalue weighted by molar-refractivity contribution is 6.05. The normalized spacial score (nSPS) is 19.9. The molecule has 0 bridgehead atoms. The summed E-state index contributed by atoms with van der Waals surface area (Å²) in [5.74, 6) is 0.193. The van der Waals surface area contributed by atoms with E-state index in [2.05, 4.69) is 27.3 Å². The molecule has 1 aliphatic heterocycles. The Kier molecular flexibility index (Phi) is 2.87. The quantitative estimate of drug-likeness (QED) is 0.776. The van der Waals surface area contributed by atoms with Crippen molar-refractivity contribution in [3.8, 4) is 0 Å². The van der Waals surface area contributed by atoms with Crippen LogP contribution in [0.2, 0.25) is 0 Å². The number of hydrazine groups is 1. The summed E-state index contributed by atoms with van der Waals surface area (Å²) >= 11 is 0. The summed E-state index contributed by atoms with van der Waals surface area (Å²) in [6.07, 6.45) is 4.48. The number of anilines is 1. The molecule has 3 heterocycles. The molecule has 1 saturated heterocycles. The van der Waals surface area contributed by atoms with Gasteiger partial charge in [0.25, 0.3) is 5.91 Å². The van der Waals surface area contributed by atoms with Gasteiger partial charge in [-0.2, -0.15) is 0 Å².